The predicted molar refractivity (Wildman–Crippen MR) is 79.0 cm³/mol. The maximum absolute atomic E-state index is 11.8. The molecule has 1 aliphatic rings. The van der Waals surface area contributed by atoms with Crippen molar-refractivity contribution in [3.63, 3.8) is 0 Å². The zero-order chi connectivity index (χ0) is 15.2. The van der Waals surface area contributed by atoms with Gasteiger partial charge in [-0.25, -0.2) is 9.59 Å². The number of hydrogen-bond donors (Lipinski definition) is 3. The number of halogens is 1. The van der Waals surface area contributed by atoms with Gasteiger partial charge in [0.1, 0.15) is 5.56 Å². The number of amides is 2. The summed E-state index contributed by atoms with van der Waals surface area (Å²) >= 11 is 5.84. The molecule has 1 atom stereocenters. The Morgan fingerprint density at radius 3 is 2.90 bits per heavy atom. The number of nitrogens with one attached hydrogen (secondary N) is 2. The van der Waals surface area contributed by atoms with Crippen molar-refractivity contribution in [2.45, 2.75) is 12.8 Å². The van der Waals surface area contributed by atoms with Gasteiger partial charge in [-0.05, 0) is 30.9 Å². The molecule has 1 aromatic carbocycles. The van der Waals surface area contributed by atoms with E-state index in [4.69, 9.17) is 21.4 Å². The minimum Gasteiger partial charge on any atom is -0.478 e. The fourth-order valence-electron chi connectivity index (χ4n) is 2.22. The molecule has 0 aromatic heterocycles. The van der Waals surface area contributed by atoms with Gasteiger partial charge >= 0.3 is 12.0 Å². The van der Waals surface area contributed by atoms with E-state index in [2.05, 4.69) is 10.6 Å². The molecule has 1 saturated heterocycles. The van der Waals surface area contributed by atoms with Crippen LogP contribution in [0.3, 0.4) is 0 Å². The number of hydrogen-bond acceptors (Lipinski definition) is 3. The average molecular weight is 313 g/mol. The molecular formula is C14H17ClN2O4. The van der Waals surface area contributed by atoms with Gasteiger partial charge in [-0.2, -0.15) is 0 Å². The van der Waals surface area contributed by atoms with E-state index in [0.717, 1.165) is 19.4 Å². The molecule has 1 heterocycles. The minimum absolute atomic E-state index is 0.0842. The van der Waals surface area contributed by atoms with Crippen LogP contribution in [0, 0.1) is 5.92 Å². The first-order chi connectivity index (χ1) is 10.1. The Balaban J connectivity index is 1.93. The van der Waals surface area contributed by atoms with Crippen LogP contribution in [0.25, 0.3) is 0 Å². The van der Waals surface area contributed by atoms with Crippen molar-refractivity contribution in [1.29, 1.82) is 0 Å². The third-order valence-corrected chi connectivity index (χ3v) is 3.60. The average Bonchev–Trinajstić information content (AvgIpc) is 2.46. The lowest BCUT2D eigenvalue weighted by atomic mass is 10.0. The van der Waals surface area contributed by atoms with Crippen LogP contribution < -0.4 is 10.6 Å². The van der Waals surface area contributed by atoms with Gasteiger partial charge in [-0.3, -0.25) is 0 Å². The molecule has 1 aromatic rings. The maximum Gasteiger partial charge on any atom is 0.339 e. The van der Waals surface area contributed by atoms with Crippen molar-refractivity contribution in [2.75, 3.05) is 25.1 Å². The minimum atomic E-state index is -1.18. The van der Waals surface area contributed by atoms with E-state index >= 15 is 0 Å². The molecular weight excluding hydrogens is 296 g/mol. The Bertz CT molecular complexity index is 530. The molecule has 21 heavy (non-hydrogen) atoms. The van der Waals surface area contributed by atoms with Crippen molar-refractivity contribution in [2.24, 2.45) is 5.92 Å². The van der Waals surface area contributed by atoms with Crippen LogP contribution in [-0.4, -0.2) is 36.9 Å². The van der Waals surface area contributed by atoms with E-state index in [-0.39, 0.29) is 16.3 Å². The summed E-state index contributed by atoms with van der Waals surface area (Å²) in [7, 11) is 0. The van der Waals surface area contributed by atoms with Crippen molar-refractivity contribution in [3.8, 4) is 0 Å². The Labute approximate surface area is 127 Å². The molecule has 1 fully saturated rings. The summed E-state index contributed by atoms with van der Waals surface area (Å²) in [6.45, 7) is 1.90. The van der Waals surface area contributed by atoms with Gasteiger partial charge in [0, 0.05) is 13.2 Å². The zero-order valence-electron chi connectivity index (χ0n) is 11.4. The summed E-state index contributed by atoms with van der Waals surface area (Å²) in [5.41, 5.74) is 0.0581. The van der Waals surface area contributed by atoms with Crippen LogP contribution >= 0.6 is 11.6 Å². The summed E-state index contributed by atoms with van der Waals surface area (Å²) in [6, 6.07) is 4.09. The second kappa shape index (κ2) is 7.28. The maximum atomic E-state index is 11.8. The van der Waals surface area contributed by atoms with Crippen LogP contribution in [0.15, 0.2) is 18.2 Å². The number of carbonyl (C=O) groups is 2. The van der Waals surface area contributed by atoms with E-state index < -0.39 is 12.0 Å². The Morgan fingerprint density at radius 2 is 2.24 bits per heavy atom. The molecule has 2 amide bonds. The lowest BCUT2D eigenvalue weighted by Gasteiger charge is -2.22. The highest BCUT2D eigenvalue weighted by molar-refractivity contribution is 6.34. The first kappa shape index (κ1) is 15.6. The third kappa shape index (κ3) is 4.34. The van der Waals surface area contributed by atoms with Crippen molar-refractivity contribution in [1.82, 2.24) is 5.32 Å². The number of benzene rings is 1. The van der Waals surface area contributed by atoms with Gasteiger partial charge in [0.2, 0.25) is 0 Å². The highest BCUT2D eigenvalue weighted by Crippen LogP contribution is 2.24. The Kier molecular flexibility index (Phi) is 5.41. The number of urea groups is 1. The van der Waals surface area contributed by atoms with Crippen molar-refractivity contribution >= 4 is 29.3 Å². The zero-order valence-corrected chi connectivity index (χ0v) is 12.2. The van der Waals surface area contributed by atoms with Crippen molar-refractivity contribution < 1.29 is 19.4 Å². The van der Waals surface area contributed by atoms with Gasteiger partial charge < -0.3 is 20.5 Å². The fourth-order valence-corrected chi connectivity index (χ4v) is 2.47. The predicted octanol–water partition coefficient (Wildman–Crippen LogP) is 2.59. The summed E-state index contributed by atoms with van der Waals surface area (Å²) in [5, 5.41) is 14.4. The molecule has 7 heteroatoms. The van der Waals surface area contributed by atoms with E-state index in [1.54, 1.807) is 6.07 Å². The largest absolute Gasteiger partial charge is 0.478 e. The molecule has 3 N–H and O–H groups in total. The number of anilines is 1. The number of carboxylic acid groups (broad SMARTS) is 1. The smallest absolute Gasteiger partial charge is 0.339 e. The van der Waals surface area contributed by atoms with Crippen LogP contribution in [0.2, 0.25) is 5.02 Å². The van der Waals surface area contributed by atoms with Gasteiger partial charge in [-0.15, -0.1) is 0 Å². The summed E-state index contributed by atoms with van der Waals surface area (Å²) < 4.78 is 5.33. The first-order valence-corrected chi connectivity index (χ1v) is 7.10. The van der Waals surface area contributed by atoms with Crippen LogP contribution in [0.5, 0.6) is 0 Å². The summed E-state index contributed by atoms with van der Waals surface area (Å²) in [5.74, 6) is -0.889. The lowest BCUT2D eigenvalue weighted by molar-refractivity contribution is 0.0559. The highest BCUT2D eigenvalue weighted by Gasteiger charge is 2.18. The fraction of sp³-hybridized carbons (Fsp3) is 0.429. The Morgan fingerprint density at radius 1 is 1.43 bits per heavy atom. The van der Waals surface area contributed by atoms with E-state index in [9.17, 15) is 9.59 Å². The Hall–Kier alpha value is -1.79. The molecule has 1 aliphatic heterocycles. The number of rotatable bonds is 4. The van der Waals surface area contributed by atoms with Gasteiger partial charge in [0.25, 0.3) is 0 Å². The number of carbonyl (C=O) groups excluding carboxylic acids is 1. The van der Waals surface area contributed by atoms with E-state index in [0.29, 0.717) is 19.1 Å². The monoisotopic (exact) mass is 312 g/mol. The molecule has 0 saturated carbocycles. The van der Waals surface area contributed by atoms with Crippen molar-refractivity contribution in [3.05, 3.63) is 28.8 Å². The number of aromatic carboxylic acids is 1. The normalized spacial score (nSPS) is 18.0. The van der Waals surface area contributed by atoms with Crippen LogP contribution in [0.4, 0.5) is 10.5 Å². The van der Waals surface area contributed by atoms with Gasteiger partial charge in [0.05, 0.1) is 17.3 Å². The topological polar surface area (TPSA) is 87.7 Å². The highest BCUT2D eigenvalue weighted by atomic mass is 35.5. The van der Waals surface area contributed by atoms with E-state index in [1.807, 2.05) is 0 Å². The van der Waals surface area contributed by atoms with E-state index in [1.165, 1.54) is 12.1 Å². The lowest BCUT2D eigenvalue weighted by Crippen LogP contribution is -2.36. The molecule has 0 spiro atoms. The third-order valence-electron chi connectivity index (χ3n) is 3.28. The molecule has 2 rings (SSSR count). The molecule has 0 aliphatic carbocycles. The SMILES string of the molecule is O=C(NCC1CCCOC1)Nc1cccc(Cl)c1C(=O)O. The van der Waals surface area contributed by atoms with Gasteiger partial charge in [-0.1, -0.05) is 17.7 Å². The molecule has 0 radical (unpaired) electrons. The van der Waals surface area contributed by atoms with Crippen LogP contribution in [-0.2, 0) is 4.74 Å². The second-order valence-electron chi connectivity index (χ2n) is 4.89. The van der Waals surface area contributed by atoms with Gasteiger partial charge in [0.15, 0.2) is 0 Å². The molecule has 0 bridgehead atoms. The molecule has 1 unspecified atom stereocenters. The molecule has 114 valence electrons. The van der Waals surface area contributed by atoms with Crippen LogP contribution in [0.1, 0.15) is 23.2 Å². The summed E-state index contributed by atoms with van der Waals surface area (Å²) in [4.78, 5) is 23.0. The number of ether oxygens (including phenoxy) is 1. The first-order valence-electron chi connectivity index (χ1n) is 6.72. The quantitative estimate of drug-likeness (QED) is 0.797. The second-order valence-corrected chi connectivity index (χ2v) is 5.29. The molecule has 6 nitrogen and oxygen atoms in total. The standard InChI is InChI=1S/C14H17ClN2O4/c15-10-4-1-5-11(12(10)13(18)19)17-14(20)16-7-9-3-2-6-21-8-9/h1,4-5,9H,2-3,6-8H2,(H,18,19)(H2,16,17,20). The number of carboxylic acids is 1. The summed E-state index contributed by atoms with van der Waals surface area (Å²) in [6.07, 6.45) is 2.00.